The van der Waals surface area contributed by atoms with Gasteiger partial charge in [-0.2, -0.15) is 0 Å². The van der Waals surface area contributed by atoms with Gasteiger partial charge in [0, 0.05) is 48.3 Å². The number of rotatable bonds is 11. The SMILES string of the molecule is CC(C)(C)c1ccc([Si](c2ccc(-n3c4ccc(P(=O)(c5ccccc5)c5ccccc5)cc4c4cc(P(=O)(c5ccccc5)c5ccccc5)ccc43)cc2)(c2ccc(C(C)(C)C)cc2)c2ccc(C(C)(C)C)cc2)cc1. The average molecular weight is 1070 g/mol. The van der Waals surface area contributed by atoms with Crippen molar-refractivity contribution in [2.75, 3.05) is 0 Å². The molecule has 10 aromatic carbocycles. The monoisotopic (exact) mass is 1070 g/mol. The Hall–Kier alpha value is -7.32. The first-order chi connectivity index (χ1) is 37.3. The van der Waals surface area contributed by atoms with Gasteiger partial charge in [-0.05, 0) is 102 Å². The van der Waals surface area contributed by atoms with Gasteiger partial charge in [0.05, 0.1) is 11.0 Å². The lowest BCUT2D eigenvalue weighted by Gasteiger charge is -2.36. The van der Waals surface area contributed by atoms with Crippen LogP contribution in [0.1, 0.15) is 79.0 Å². The lowest BCUT2D eigenvalue weighted by molar-refractivity contribution is 0.590. The largest absolute Gasteiger partial charge is 0.309 e. The van der Waals surface area contributed by atoms with Gasteiger partial charge in [-0.1, -0.05) is 269 Å². The van der Waals surface area contributed by atoms with Gasteiger partial charge >= 0.3 is 0 Å². The molecule has 0 N–H and O–H groups in total. The van der Waals surface area contributed by atoms with E-state index in [1.165, 1.54) is 37.4 Å². The second-order valence-corrected chi connectivity index (χ2v) is 33.4. The summed E-state index contributed by atoms with van der Waals surface area (Å²) in [5.41, 5.74) is 6.85. The summed E-state index contributed by atoms with van der Waals surface area (Å²) in [4.78, 5) is 0. The molecule has 78 heavy (non-hydrogen) atoms. The first-order valence-electron chi connectivity index (χ1n) is 27.3. The topological polar surface area (TPSA) is 39.1 Å². The summed E-state index contributed by atoms with van der Waals surface area (Å²) in [6.07, 6.45) is 0. The van der Waals surface area contributed by atoms with Crippen molar-refractivity contribution >= 4 is 96.7 Å². The van der Waals surface area contributed by atoms with E-state index >= 15 is 9.13 Å². The summed E-state index contributed by atoms with van der Waals surface area (Å²) in [6.45, 7) is 20.6. The molecule has 0 bridgehead atoms. The predicted octanol–water partition coefficient (Wildman–Crippen LogP) is 13.3. The van der Waals surface area contributed by atoms with Crippen LogP contribution in [0.25, 0.3) is 27.5 Å². The highest BCUT2D eigenvalue weighted by atomic mass is 31.2. The first-order valence-corrected chi connectivity index (χ1v) is 32.7. The van der Waals surface area contributed by atoms with E-state index in [0.29, 0.717) is 0 Å². The molecule has 0 spiro atoms. The van der Waals surface area contributed by atoms with Gasteiger partial charge in [-0.3, -0.25) is 0 Å². The highest BCUT2D eigenvalue weighted by molar-refractivity contribution is 7.85. The molecule has 0 atom stereocenters. The van der Waals surface area contributed by atoms with Crippen molar-refractivity contribution in [3.8, 4) is 5.69 Å². The third kappa shape index (κ3) is 9.22. The van der Waals surface area contributed by atoms with Crippen LogP contribution in [0.4, 0.5) is 0 Å². The van der Waals surface area contributed by atoms with Crippen LogP contribution in [-0.4, -0.2) is 12.6 Å². The fourth-order valence-corrected chi connectivity index (χ4v) is 21.7. The van der Waals surface area contributed by atoms with E-state index in [0.717, 1.165) is 59.3 Å². The quantitative estimate of drug-likeness (QED) is 0.0736. The maximum atomic E-state index is 16.1. The number of nitrogens with zero attached hydrogens (tertiary/aromatic N) is 1. The smallest absolute Gasteiger partial charge is 0.179 e. The maximum Gasteiger partial charge on any atom is 0.179 e. The minimum Gasteiger partial charge on any atom is -0.309 e. The van der Waals surface area contributed by atoms with Gasteiger partial charge in [0.25, 0.3) is 0 Å². The summed E-state index contributed by atoms with van der Waals surface area (Å²) < 4.78 is 34.6. The van der Waals surface area contributed by atoms with Crippen molar-refractivity contribution in [2.24, 2.45) is 0 Å². The molecule has 0 amide bonds. The molecule has 0 saturated heterocycles. The molecule has 0 aliphatic rings. The molecule has 0 fully saturated rings. The third-order valence-corrected chi connectivity index (χ3v) is 27.0. The van der Waals surface area contributed by atoms with Crippen LogP contribution in [0.15, 0.2) is 255 Å². The van der Waals surface area contributed by atoms with Crippen LogP contribution >= 0.6 is 14.3 Å². The Kier molecular flexibility index (Phi) is 13.6. The zero-order chi connectivity index (χ0) is 54.7. The van der Waals surface area contributed by atoms with Crippen LogP contribution in [-0.2, 0) is 25.4 Å². The zero-order valence-corrected chi connectivity index (χ0v) is 49.2. The molecular weight excluding hydrogens is 1000 g/mol. The van der Waals surface area contributed by atoms with Crippen LogP contribution in [0, 0.1) is 0 Å². The van der Waals surface area contributed by atoms with Gasteiger partial charge in [0.2, 0.25) is 0 Å². The van der Waals surface area contributed by atoms with E-state index in [9.17, 15) is 0 Å². The Morgan fingerprint density at radius 2 is 0.551 bits per heavy atom. The molecule has 11 rings (SSSR count). The van der Waals surface area contributed by atoms with E-state index in [1.54, 1.807) is 0 Å². The summed E-state index contributed by atoms with van der Waals surface area (Å²) in [5.74, 6) is 0. The molecule has 6 heteroatoms. The standard InChI is InChI=1S/C72H69NO2P2Si/c1-70(2,3)52-30-40-62(41-31-52)78(63-42-32-53(33-43-63)71(4,5)6,64-44-34-54(35-45-64)72(7,8)9)65-46-36-55(37-47-65)73-68-48-38-60(76(74,56-22-14-10-15-23-56)57-24-16-11-17-25-57)50-66(68)67-51-61(39-49-69(67)73)77(75,58-26-18-12-19-27-58)59-28-20-13-21-29-59/h10-51H,1-9H3. The fourth-order valence-electron chi connectivity index (χ4n) is 11.6. The van der Waals surface area contributed by atoms with E-state index in [2.05, 4.69) is 200 Å². The molecule has 1 aromatic heterocycles. The lowest BCUT2D eigenvalue weighted by atomic mass is 9.87. The molecule has 3 nitrogen and oxygen atoms in total. The zero-order valence-electron chi connectivity index (χ0n) is 46.4. The van der Waals surface area contributed by atoms with E-state index in [1.807, 2.05) is 121 Å². The van der Waals surface area contributed by atoms with Gasteiger partial charge in [-0.15, -0.1) is 0 Å². The van der Waals surface area contributed by atoms with Crippen LogP contribution < -0.4 is 52.6 Å². The number of hydrogen-bond acceptors (Lipinski definition) is 2. The van der Waals surface area contributed by atoms with E-state index < -0.39 is 22.4 Å². The lowest BCUT2D eigenvalue weighted by Crippen LogP contribution is -2.74. The van der Waals surface area contributed by atoms with E-state index in [-0.39, 0.29) is 16.2 Å². The molecule has 11 aromatic rings. The van der Waals surface area contributed by atoms with Gasteiger partial charge < -0.3 is 13.7 Å². The van der Waals surface area contributed by atoms with Crippen molar-refractivity contribution in [1.82, 2.24) is 4.57 Å². The van der Waals surface area contributed by atoms with Gasteiger partial charge in [0.1, 0.15) is 0 Å². The third-order valence-electron chi connectivity index (χ3n) is 16.0. The minimum absolute atomic E-state index is 0.00297. The Balaban J connectivity index is 1.17. The Labute approximate surface area is 463 Å². The normalized spacial score (nSPS) is 12.8. The highest BCUT2D eigenvalue weighted by Gasteiger charge is 2.42. The second-order valence-electron chi connectivity index (χ2n) is 24.1. The molecule has 0 saturated carbocycles. The van der Waals surface area contributed by atoms with Crippen molar-refractivity contribution < 1.29 is 9.13 Å². The van der Waals surface area contributed by atoms with Crippen LogP contribution in [0.2, 0.25) is 0 Å². The first kappa shape index (κ1) is 52.7. The Bertz CT molecular complexity index is 3640. The summed E-state index contributed by atoms with van der Waals surface area (Å²) in [7, 11) is -9.76. The van der Waals surface area contributed by atoms with Crippen LogP contribution in [0.3, 0.4) is 0 Å². The molecule has 388 valence electrons. The predicted molar refractivity (Wildman–Crippen MR) is 339 cm³/mol. The number of benzene rings is 10. The van der Waals surface area contributed by atoms with Crippen molar-refractivity contribution in [3.05, 3.63) is 271 Å². The van der Waals surface area contributed by atoms with Gasteiger partial charge in [-0.25, -0.2) is 0 Å². The van der Waals surface area contributed by atoms with E-state index in [4.69, 9.17) is 0 Å². The number of hydrogen-bond donors (Lipinski definition) is 0. The Morgan fingerprint density at radius 1 is 0.295 bits per heavy atom. The molecule has 1 heterocycles. The molecule has 0 radical (unpaired) electrons. The van der Waals surface area contributed by atoms with Crippen molar-refractivity contribution in [3.63, 3.8) is 0 Å². The summed E-state index contributed by atoms with van der Waals surface area (Å²) in [5, 5.41) is 11.7. The Morgan fingerprint density at radius 3 is 0.808 bits per heavy atom. The highest BCUT2D eigenvalue weighted by Crippen LogP contribution is 2.46. The number of aromatic nitrogens is 1. The molecule has 0 aliphatic carbocycles. The van der Waals surface area contributed by atoms with Crippen molar-refractivity contribution in [1.29, 1.82) is 0 Å². The summed E-state index contributed by atoms with van der Waals surface area (Å²) in [6, 6.07) is 90.1. The fraction of sp³-hybridized carbons (Fsp3) is 0.167. The molecule has 0 unspecified atom stereocenters. The second kappa shape index (κ2) is 20.2. The molecule has 0 aliphatic heterocycles. The average Bonchev–Trinajstić information content (AvgIpc) is 3.86. The number of fused-ring (bicyclic) bond motifs is 3. The molecular formula is C72H69NO2P2Si. The van der Waals surface area contributed by atoms with Crippen LogP contribution in [0.5, 0.6) is 0 Å². The minimum atomic E-state index is -3.37. The van der Waals surface area contributed by atoms with Gasteiger partial charge in [0.15, 0.2) is 22.4 Å². The van der Waals surface area contributed by atoms with Crippen molar-refractivity contribution in [2.45, 2.75) is 78.6 Å². The summed E-state index contributed by atoms with van der Waals surface area (Å²) >= 11 is 0. The maximum absolute atomic E-state index is 16.1.